The van der Waals surface area contributed by atoms with Gasteiger partial charge in [0.2, 0.25) is 0 Å². The van der Waals surface area contributed by atoms with Crippen LogP contribution >= 0.6 is 0 Å². The SMILES string of the molecule is Cc1cc(C)c(-n2nc(C)nc2-c2ccc(C)c(-c3ccccc3C)c2C#N)c(C)c1. The van der Waals surface area contributed by atoms with Crippen LogP contribution in [0.25, 0.3) is 28.2 Å². The predicted octanol–water partition coefficient (Wildman–Crippen LogP) is 6.32. The second-order valence-electron chi connectivity index (χ2n) is 8.25. The van der Waals surface area contributed by atoms with Gasteiger partial charge in [0.25, 0.3) is 0 Å². The molecule has 154 valence electrons. The highest BCUT2D eigenvalue weighted by Crippen LogP contribution is 2.36. The summed E-state index contributed by atoms with van der Waals surface area (Å²) in [7, 11) is 0. The van der Waals surface area contributed by atoms with E-state index >= 15 is 0 Å². The van der Waals surface area contributed by atoms with Crippen molar-refractivity contribution >= 4 is 0 Å². The third-order valence-corrected chi connectivity index (χ3v) is 5.74. The van der Waals surface area contributed by atoms with Gasteiger partial charge < -0.3 is 0 Å². The van der Waals surface area contributed by atoms with Crippen molar-refractivity contribution in [2.45, 2.75) is 41.5 Å². The van der Waals surface area contributed by atoms with Crippen LogP contribution in [0.15, 0.2) is 48.5 Å². The maximum atomic E-state index is 10.2. The number of nitriles is 1. The number of aromatic nitrogens is 3. The van der Waals surface area contributed by atoms with Crippen molar-refractivity contribution < 1.29 is 0 Å². The number of benzene rings is 3. The second-order valence-corrected chi connectivity index (χ2v) is 8.25. The quantitative estimate of drug-likeness (QED) is 0.400. The van der Waals surface area contributed by atoms with E-state index in [1.54, 1.807) is 0 Å². The summed E-state index contributed by atoms with van der Waals surface area (Å²) in [4.78, 5) is 4.76. The minimum Gasteiger partial charge on any atom is -0.212 e. The Kier molecular flexibility index (Phi) is 5.20. The molecule has 0 spiro atoms. The lowest BCUT2D eigenvalue weighted by Crippen LogP contribution is -2.06. The Bertz CT molecular complexity index is 1330. The van der Waals surface area contributed by atoms with Gasteiger partial charge in [-0.3, -0.25) is 0 Å². The van der Waals surface area contributed by atoms with Gasteiger partial charge in [-0.05, 0) is 75.4 Å². The van der Waals surface area contributed by atoms with E-state index in [2.05, 4.69) is 71.0 Å². The fourth-order valence-corrected chi connectivity index (χ4v) is 4.46. The molecule has 4 heteroatoms. The van der Waals surface area contributed by atoms with Crippen LogP contribution in [0.1, 0.15) is 39.2 Å². The first-order valence-electron chi connectivity index (χ1n) is 10.4. The van der Waals surface area contributed by atoms with E-state index in [0.29, 0.717) is 17.2 Å². The molecule has 0 radical (unpaired) electrons. The topological polar surface area (TPSA) is 54.5 Å². The monoisotopic (exact) mass is 406 g/mol. The van der Waals surface area contributed by atoms with E-state index in [1.807, 2.05) is 29.8 Å². The van der Waals surface area contributed by atoms with E-state index < -0.39 is 0 Å². The Morgan fingerprint density at radius 1 is 0.774 bits per heavy atom. The van der Waals surface area contributed by atoms with Gasteiger partial charge in [0.1, 0.15) is 11.9 Å². The highest BCUT2D eigenvalue weighted by atomic mass is 15.4. The van der Waals surface area contributed by atoms with Gasteiger partial charge in [-0.15, -0.1) is 0 Å². The zero-order valence-electron chi connectivity index (χ0n) is 18.9. The van der Waals surface area contributed by atoms with Crippen LogP contribution in [0.4, 0.5) is 0 Å². The standard InChI is InChI=1S/C27H26N4/c1-16-13-19(4)26(20(5)14-16)31-27(29-21(6)30-31)23-12-11-18(3)25(24(23)15-28)22-10-8-7-9-17(22)2/h7-14H,1-6H3. The van der Waals surface area contributed by atoms with Gasteiger partial charge >= 0.3 is 0 Å². The van der Waals surface area contributed by atoms with E-state index in [0.717, 1.165) is 44.6 Å². The largest absolute Gasteiger partial charge is 0.212 e. The summed E-state index contributed by atoms with van der Waals surface area (Å²) in [5.74, 6) is 1.37. The number of hydrogen-bond donors (Lipinski definition) is 0. The first-order chi connectivity index (χ1) is 14.8. The third-order valence-electron chi connectivity index (χ3n) is 5.74. The van der Waals surface area contributed by atoms with Crippen LogP contribution in [0.5, 0.6) is 0 Å². The molecule has 0 fully saturated rings. The Morgan fingerprint density at radius 3 is 2.10 bits per heavy atom. The smallest absolute Gasteiger partial charge is 0.164 e. The zero-order chi connectivity index (χ0) is 22.3. The molecule has 4 aromatic rings. The van der Waals surface area contributed by atoms with Crippen molar-refractivity contribution in [3.05, 3.63) is 87.7 Å². The van der Waals surface area contributed by atoms with Crippen molar-refractivity contribution in [3.63, 3.8) is 0 Å². The molecule has 0 aliphatic heterocycles. The highest BCUT2D eigenvalue weighted by Gasteiger charge is 2.22. The molecule has 0 saturated heterocycles. The number of hydrogen-bond acceptors (Lipinski definition) is 3. The molecular formula is C27H26N4. The molecule has 0 saturated carbocycles. The molecule has 0 unspecified atom stereocenters. The molecule has 3 aromatic carbocycles. The number of rotatable bonds is 3. The molecule has 0 N–H and O–H groups in total. The van der Waals surface area contributed by atoms with Gasteiger partial charge in [-0.2, -0.15) is 10.4 Å². The summed E-state index contributed by atoms with van der Waals surface area (Å²) in [6.07, 6.45) is 0. The van der Waals surface area contributed by atoms with E-state index in [-0.39, 0.29) is 0 Å². The van der Waals surface area contributed by atoms with Gasteiger partial charge in [0, 0.05) is 11.1 Å². The second kappa shape index (κ2) is 7.85. The summed E-state index contributed by atoms with van der Waals surface area (Å²) in [5.41, 5.74) is 10.2. The van der Waals surface area contributed by atoms with E-state index in [9.17, 15) is 5.26 Å². The molecular weight excluding hydrogens is 380 g/mol. The third kappa shape index (κ3) is 3.53. The van der Waals surface area contributed by atoms with Crippen molar-refractivity contribution in [1.82, 2.24) is 14.8 Å². The fraction of sp³-hybridized carbons (Fsp3) is 0.222. The van der Waals surface area contributed by atoms with Crippen LogP contribution in [-0.2, 0) is 0 Å². The lowest BCUT2D eigenvalue weighted by Gasteiger charge is -2.17. The molecule has 31 heavy (non-hydrogen) atoms. The first kappa shape index (κ1) is 20.6. The summed E-state index contributed by atoms with van der Waals surface area (Å²) in [5, 5.41) is 15.0. The number of nitrogens with zero attached hydrogens (tertiary/aromatic N) is 4. The molecule has 1 heterocycles. The summed E-state index contributed by atoms with van der Waals surface area (Å²) >= 11 is 0. The van der Waals surface area contributed by atoms with E-state index in [1.165, 1.54) is 5.56 Å². The molecule has 1 aromatic heterocycles. The van der Waals surface area contributed by atoms with Gasteiger partial charge in [-0.25, -0.2) is 9.67 Å². The number of aryl methyl sites for hydroxylation is 6. The molecule has 0 atom stereocenters. The van der Waals surface area contributed by atoms with Gasteiger partial charge in [0.05, 0.1) is 11.3 Å². The molecule has 0 bridgehead atoms. The normalized spacial score (nSPS) is 10.9. The molecule has 0 amide bonds. The Labute approximate surface area is 183 Å². The lowest BCUT2D eigenvalue weighted by molar-refractivity contribution is 0.854. The molecule has 4 rings (SSSR count). The van der Waals surface area contributed by atoms with Crippen LogP contribution in [-0.4, -0.2) is 14.8 Å². The van der Waals surface area contributed by atoms with Crippen LogP contribution in [0.3, 0.4) is 0 Å². The minimum atomic E-state index is 0.630. The predicted molar refractivity (Wildman–Crippen MR) is 125 cm³/mol. The molecule has 0 aliphatic carbocycles. The average Bonchev–Trinajstić information content (AvgIpc) is 3.08. The Balaban J connectivity index is 2.04. The van der Waals surface area contributed by atoms with Crippen molar-refractivity contribution in [2.24, 2.45) is 0 Å². The lowest BCUT2D eigenvalue weighted by atomic mass is 9.89. The first-order valence-corrected chi connectivity index (χ1v) is 10.4. The molecule has 0 aliphatic rings. The van der Waals surface area contributed by atoms with Gasteiger partial charge in [-0.1, -0.05) is 48.0 Å². The maximum Gasteiger partial charge on any atom is 0.164 e. The average molecular weight is 407 g/mol. The van der Waals surface area contributed by atoms with Crippen LogP contribution in [0.2, 0.25) is 0 Å². The van der Waals surface area contributed by atoms with E-state index in [4.69, 9.17) is 10.1 Å². The summed E-state index contributed by atoms with van der Waals surface area (Å²) in [6, 6.07) is 19.0. The highest BCUT2D eigenvalue weighted by molar-refractivity contribution is 5.84. The van der Waals surface area contributed by atoms with Crippen LogP contribution < -0.4 is 0 Å². The van der Waals surface area contributed by atoms with Crippen molar-refractivity contribution in [3.8, 4) is 34.3 Å². The molecule has 4 nitrogen and oxygen atoms in total. The van der Waals surface area contributed by atoms with Crippen molar-refractivity contribution in [1.29, 1.82) is 5.26 Å². The van der Waals surface area contributed by atoms with Gasteiger partial charge in [0.15, 0.2) is 5.82 Å². The Morgan fingerprint density at radius 2 is 1.45 bits per heavy atom. The maximum absolute atomic E-state index is 10.2. The zero-order valence-corrected chi connectivity index (χ0v) is 18.9. The summed E-state index contributed by atoms with van der Waals surface area (Å²) in [6.45, 7) is 12.3. The van der Waals surface area contributed by atoms with Crippen LogP contribution in [0, 0.1) is 52.9 Å². The minimum absolute atomic E-state index is 0.630. The fourth-order valence-electron chi connectivity index (χ4n) is 4.46. The summed E-state index contributed by atoms with van der Waals surface area (Å²) < 4.78 is 1.90. The van der Waals surface area contributed by atoms with Crippen molar-refractivity contribution in [2.75, 3.05) is 0 Å². The Hall–Kier alpha value is -3.71.